The van der Waals surface area contributed by atoms with E-state index in [0.29, 0.717) is 5.56 Å². The van der Waals surface area contributed by atoms with Gasteiger partial charge in [-0.2, -0.15) is 0 Å². The summed E-state index contributed by atoms with van der Waals surface area (Å²) in [5.41, 5.74) is 1.55. The van der Waals surface area contributed by atoms with Gasteiger partial charge in [-0.3, -0.25) is 5.32 Å². The lowest BCUT2D eigenvalue weighted by Gasteiger charge is -2.07. The third-order valence-electron chi connectivity index (χ3n) is 3.44. The summed E-state index contributed by atoms with van der Waals surface area (Å²) >= 11 is 2.68. The molecule has 0 unspecified atom stereocenters. The SMILES string of the molecule is Cc1ccc(-c2csc(NC(=O)OCc3ccccc3)c2C(=O)O)s1. The summed E-state index contributed by atoms with van der Waals surface area (Å²) in [6.07, 6.45) is -0.679. The first-order chi connectivity index (χ1) is 12.0. The van der Waals surface area contributed by atoms with Crippen molar-refractivity contribution in [3.8, 4) is 10.4 Å². The molecule has 2 N–H and O–H groups in total. The number of nitrogens with one attached hydrogen (secondary N) is 1. The Bertz CT molecular complexity index is 899. The topological polar surface area (TPSA) is 75.6 Å². The van der Waals surface area contributed by atoms with Crippen molar-refractivity contribution in [1.82, 2.24) is 0 Å². The van der Waals surface area contributed by atoms with E-state index < -0.39 is 12.1 Å². The maximum atomic E-state index is 12.0. The Kier molecular flexibility index (Phi) is 5.16. The van der Waals surface area contributed by atoms with Crippen molar-refractivity contribution in [2.75, 3.05) is 5.32 Å². The minimum Gasteiger partial charge on any atom is -0.478 e. The molecule has 0 atom stereocenters. The Morgan fingerprint density at radius 1 is 1.16 bits per heavy atom. The normalized spacial score (nSPS) is 10.4. The van der Waals surface area contributed by atoms with Crippen LogP contribution in [0.5, 0.6) is 0 Å². The third kappa shape index (κ3) is 4.07. The molecule has 1 amide bonds. The fourth-order valence-electron chi connectivity index (χ4n) is 2.27. The van der Waals surface area contributed by atoms with Crippen molar-refractivity contribution in [3.05, 3.63) is 63.8 Å². The average Bonchev–Trinajstić information content (AvgIpc) is 3.20. The number of anilines is 1. The minimum absolute atomic E-state index is 0.0866. The zero-order chi connectivity index (χ0) is 17.8. The number of hydrogen-bond donors (Lipinski definition) is 2. The maximum absolute atomic E-state index is 12.0. The Morgan fingerprint density at radius 2 is 1.92 bits per heavy atom. The predicted octanol–water partition coefficient (Wildman–Crippen LogP) is 5.23. The molecule has 2 heterocycles. The van der Waals surface area contributed by atoms with E-state index in [9.17, 15) is 14.7 Å². The van der Waals surface area contributed by atoms with Gasteiger partial charge in [-0.05, 0) is 24.6 Å². The van der Waals surface area contributed by atoms with Crippen LogP contribution in [-0.4, -0.2) is 17.2 Å². The fraction of sp³-hybridized carbons (Fsp3) is 0.111. The van der Waals surface area contributed by atoms with Crippen LogP contribution in [0.15, 0.2) is 47.8 Å². The number of carboxylic acid groups (broad SMARTS) is 1. The number of amides is 1. The second-order valence-corrected chi connectivity index (χ2v) is 7.42. The molecule has 0 fully saturated rings. The molecule has 3 aromatic rings. The number of ether oxygens (including phenoxy) is 1. The Balaban J connectivity index is 1.75. The molecular weight excluding hydrogens is 358 g/mol. The van der Waals surface area contributed by atoms with Crippen LogP contribution in [0.25, 0.3) is 10.4 Å². The summed E-state index contributed by atoms with van der Waals surface area (Å²) in [5, 5.41) is 14.1. The van der Waals surface area contributed by atoms with Crippen molar-refractivity contribution in [1.29, 1.82) is 0 Å². The van der Waals surface area contributed by atoms with E-state index in [0.717, 1.165) is 15.3 Å². The maximum Gasteiger partial charge on any atom is 0.412 e. The lowest BCUT2D eigenvalue weighted by Crippen LogP contribution is -2.14. The summed E-state index contributed by atoms with van der Waals surface area (Å²) in [6, 6.07) is 13.1. The lowest BCUT2D eigenvalue weighted by molar-refractivity contribution is 0.0699. The molecule has 2 aromatic heterocycles. The van der Waals surface area contributed by atoms with Gasteiger partial charge >= 0.3 is 12.1 Å². The molecule has 0 saturated heterocycles. The largest absolute Gasteiger partial charge is 0.478 e. The number of carbonyl (C=O) groups is 2. The van der Waals surface area contributed by atoms with Crippen LogP contribution >= 0.6 is 22.7 Å². The van der Waals surface area contributed by atoms with Crippen molar-refractivity contribution in [2.24, 2.45) is 0 Å². The number of aromatic carboxylic acids is 1. The number of benzene rings is 1. The van der Waals surface area contributed by atoms with E-state index in [2.05, 4.69) is 5.32 Å². The molecule has 0 aliphatic rings. The van der Waals surface area contributed by atoms with Gasteiger partial charge in [-0.1, -0.05) is 30.3 Å². The van der Waals surface area contributed by atoms with Gasteiger partial charge in [0.15, 0.2) is 0 Å². The number of thiophene rings is 2. The molecule has 128 valence electrons. The van der Waals surface area contributed by atoms with Crippen molar-refractivity contribution >= 4 is 39.7 Å². The first kappa shape index (κ1) is 17.2. The summed E-state index contributed by atoms with van der Waals surface area (Å²) < 4.78 is 5.15. The second-order valence-electron chi connectivity index (χ2n) is 5.26. The number of carbonyl (C=O) groups excluding carboxylic acids is 1. The van der Waals surface area contributed by atoms with E-state index in [1.54, 1.807) is 5.38 Å². The number of carboxylic acids is 1. The Hall–Kier alpha value is -2.64. The van der Waals surface area contributed by atoms with Crippen LogP contribution in [0.2, 0.25) is 0 Å². The van der Waals surface area contributed by atoms with Gasteiger partial charge in [0.25, 0.3) is 0 Å². The van der Waals surface area contributed by atoms with Crippen LogP contribution in [0.4, 0.5) is 9.80 Å². The first-order valence-corrected chi connectivity index (χ1v) is 9.13. The quantitative estimate of drug-likeness (QED) is 0.642. The molecule has 0 saturated carbocycles. The molecule has 0 aliphatic carbocycles. The monoisotopic (exact) mass is 373 g/mol. The zero-order valence-electron chi connectivity index (χ0n) is 13.3. The van der Waals surface area contributed by atoms with Crippen LogP contribution in [0, 0.1) is 6.92 Å². The van der Waals surface area contributed by atoms with Crippen LogP contribution < -0.4 is 5.32 Å². The standard InChI is InChI=1S/C18H15NO4S2/c1-11-7-8-14(25-11)13-10-24-16(15(13)17(20)21)19-18(22)23-9-12-5-3-2-4-6-12/h2-8,10H,9H2,1H3,(H,19,22)(H,20,21). The van der Waals surface area contributed by atoms with Crippen molar-refractivity contribution < 1.29 is 19.4 Å². The number of rotatable bonds is 5. The molecule has 5 nitrogen and oxygen atoms in total. The molecule has 1 aromatic carbocycles. The van der Waals surface area contributed by atoms with E-state index in [-0.39, 0.29) is 17.2 Å². The molecular formula is C18H15NO4S2. The van der Waals surface area contributed by atoms with Crippen molar-refractivity contribution in [2.45, 2.75) is 13.5 Å². The number of aryl methyl sites for hydroxylation is 1. The highest BCUT2D eigenvalue weighted by Crippen LogP contribution is 2.38. The lowest BCUT2D eigenvalue weighted by atomic mass is 10.1. The highest BCUT2D eigenvalue weighted by Gasteiger charge is 2.22. The molecule has 0 radical (unpaired) electrons. The summed E-state index contributed by atoms with van der Waals surface area (Å²) in [7, 11) is 0. The molecule has 0 aliphatic heterocycles. The van der Waals surface area contributed by atoms with Gasteiger partial charge in [0.2, 0.25) is 0 Å². The highest BCUT2D eigenvalue weighted by molar-refractivity contribution is 7.17. The second kappa shape index (κ2) is 7.50. The Labute approximate surface area is 152 Å². The van der Waals surface area contributed by atoms with Crippen LogP contribution in [-0.2, 0) is 11.3 Å². The summed E-state index contributed by atoms with van der Waals surface area (Å²) in [6.45, 7) is 2.08. The van der Waals surface area contributed by atoms with Gasteiger partial charge in [0.05, 0.1) is 0 Å². The van der Waals surface area contributed by atoms with Gasteiger partial charge in [-0.15, -0.1) is 22.7 Å². The zero-order valence-corrected chi connectivity index (χ0v) is 14.9. The first-order valence-electron chi connectivity index (χ1n) is 7.44. The van der Waals surface area contributed by atoms with E-state index in [1.807, 2.05) is 49.4 Å². The van der Waals surface area contributed by atoms with Crippen LogP contribution in [0.1, 0.15) is 20.8 Å². The van der Waals surface area contributed by atoms with Crippen molar-refractivity contribution in [3.63, 3.8) is 0 Å². The highest BCUT2D eigenvalue weighted by atomic mass is 32.1. The van der Waals surface area contributed by atoms with E-state index in [1.165, 1.54) is 22.7 Å². The average molecular weight is 373 g/mol. The van der Waals surface area contributed by atoms with Crippen LogP contribution in [0.3, 0.4) is 0 Å². The van der Waals surface area contributed by atoms with Gasteiger partial charge in [0, 0.05) is 20.7 Å². The molecule has 0 spiro atoms. The fourth-order valence-corrected chi connectivity index (χ4v) is 4.18. The van der Waals surface area contributed by atoms with E-state index in [4.69, 9.17) is 4.74 Å². The molecule has 25 heavy (non-hydrogen) atoms. The summed E-state index contributed by atoms with van der Waals surface area (Å²) in [5.74, 6) is -1.08. The molecule has 3 rings (SSSR count). The number of hydrogen-bond acceptors (Lipinski definition) is 5. The Morgan fingerprint density at radius 3 is 2.56 bits per heavy atom. The third-order valence-corrected chi connectivity index (χ3v) is 5.37. The molecule has 0 bridgehead atoms. The smallest absolute Gasteiger partial charge is 0.412 e. The van der Waals surface area contributed by atoms with E-state index >= 15 is 0 Å². The predicted molar refractivity (Wildman–Crippen MR) is 99.6 cm³/mol. The van der Waals surface area contributed by atoms with Gasteiger partial charge in [-0.25, -0.2) is 9.59 Å². The minimum atomic E-state index is -1.08. The summed E-state index contributed by atoms with van der Waals surface area (Å²) in [4.78, 5) is 25.6. The van der Waals surface area contributed by atoms with Gasteiger partial charge < -0.3 is 9.84 Å². The van der Waals surface area contributed by atoms with Gasteiger partial charge in [0.1, 0.15) is 17.2 Å². The molecule has 7 heteroatoms.